The van der Waals surface area contributed by atoms with Crippen LogP contribution >= 0.6 is 24.0 Å². The molecule has 1 saturated heterocycles. The molecule has 0 saturated carbocycles. The highest BCUT2D eigenvalue weighted by Gasteiger charge is 2.19. The van der Waals surface area contributed by atoms with Gasteiger partial charge in [-0.1, -0.05) is 43.0 Å². The largest absolute Gasteiger partial charge is 0.368 e. The minimum absolute atomic E-state index is 0.211. The van der Waals surface area contributed by atoms with Gasteiger partial charge < -0.3 is 20.9 Å². The van der Waals surface area contributed by atoms with Crippen molar-refractivity contribution < 1.29 is 4.90 Å². The molecule has 144 valence electrons. The van der Waals surface area contributed by atoms with E-state index >= 15 is 0 Å². The maximum absolute atomic E-state index is 5.87. The Morgan fingerprint density at radius 1 is 1.22 bits per heavy atom. The third-order valence-corrected chi connectivity index (χ3v) is 6.04. The van der Waals surface area contributed by atoms with E-state index in [0.29, 0.717) is 17.5 Å². The predicted octanol–water partition coefficient (Wildman–Crippen LogP) is 1.11. The minimum Gasteiger partial charge on any atom is -0.368 e. The molecule has 1 aliphatic heterocycles. The number of rotatable bonds is 5. The van der Waals surface area contributed by atoms with Gasteiger partial charge in [0.2, 0.25) is 11.9 Å². The van der Waals surface area contributed by atoms with Crippen molar-refractivity contribution in [3.63, 3.8) is 0 Å². The summed E-state index contributed by atoms with van der Waals surface area (Å²) in [4.78, 5) is 16.7. The summed E-state index contributed by atoms with van der Waals surface area (Å²) < 4.78 is 0.895. The molecule has 0 amide bonds. The summed E-state index contributed by atoms with van der Waals surface area (Å²) in [5.74, 6) is 1.87. The molecule has 1 fully saturated rings. The summed E-state index contributed by atoms with van der Waals surface area (Å²) in [5, 5.41) is 3.19. The number of nitrogen functional groups attached to an aromatic ring is 1. The lowest BCUT2D eigenvalue weighted by molar-refractivity contribution is -0.883. The van der Waals surface area contributed by atoms with Crippen LogP contribution in [0.2, 0.25) is 0 Å². The van der Waals surface area contributed by atoms with Crippen LogP contribution in [0.3, 0.4) is 0 Å². The lowest BCUT2D eigenvalue weighted by Crippen LogP contribution is -3.12. The number of nitrogens with two attached hydrogens (primary N) is 1. The monoisotopic (exact) mass is 404 g/mol. The number of likely N-dealkylation sites (N-methyl/N-ethyl adjacent to an activating group) is 1. The predicted molar refractivity (Wildman–Crippen MR) is 115 cm³/mol. The number of aromatic nitrogens is 3. The Morgan fingerprint density at radius 2 is 1.93 bits per heavy atom. The first-order valence-electron chi connectivity index (χ1n) is 9.13. The molecule has 2 aromatic rings. The highest BCUT2D eigenvalue weighted by Crippen LogP contribution is 2.18. The average Bonchev–Trinajstić information content (AvgIpc) is 2.67. The van der Waals surface area contributed by atoms with Crippen molar-refractivity contribution in [3.05, 3.63) is 35.7 Å². The maximum Gasteiger partial charge on any atom is 0.232 e. The molecule has 0 atom stereocenters. The Balaban J connectivity index is 1.60. The molecular formula is C18H26N7S2+. The highest BCUT2D eigenvalue weighted by molar-refractivity contribution is 8.22. The number of hydrogen-bond acceptors (Lipinski definition) is 7. The van der Waals surface area contributed by atoms with Gasteiger partial charge in [0.05, 0.1) is 39.0 Å². The van der Waals surface area contributed by atoms with Crippen LogP contribution < -0.4 is 16.0 Å². The molecule has 2 heterocycles. The van der Waals surface area contributed by atoms with Crippen molar-refractivity contribution in [1.29, 1.82) is 0 Å². The zero-order valence-corrected chi connectivity index (χ0v) is 17.4. The highest BCUT2D eigenvalue weighted by atomic mass is 32.2. The Morgan fingerprint density at radius 3 is 2.59 bits per heavy atom. The van der Waals surface area contributed by atoms with Gasteiger partial charge in [0.1, 0.15) is 10.1 Å². The molecular weight excluding hydrogens is 378 g/mol. The minimum atomic E-state index is 0.211. The molecule has 27 heavy (non-hydrogen) atoms. The van der Waals surface area contributed by atoms with Crippen LogP contribution in [0, 0.1) is 0 Å². The van der Waals surface area contributed by atoms with Crippen molar-refractivity contribution in [2.45, 2.75) is 19.1 Å². The summed E-state index contributed by atoms with van der Waals surface area (Å²) in [7, 11) is 2.21. The number of hydrogen-bond donors (Lipinski definition) is 3. The number of thiocarbonyl (C=S) groups is 1. The Hall–Kier alpha value is -1.97. The van der Waals surface area contributed by atoms with E-state index in [1.807, 2.05) is 12.1 Å². The molecule has 1 aromatic heterocycles. The van der Waals surface area contributed by atoms with Crippen LogP contribution in [0.25, 0.3) is 0 Å². The number of quaternary nitrogens is 1. The van der Waals surface area contributed by atoms with Gasteiger partial charge in [-0.2, -0.15) is 15.0 Å². The zero-order valence-electron chi connectivity index (χ0n) is 15.7. The topological polar surface area (TPSA) is 84.4 Å². The first-order chi connectivity index (χ1) is 13.0. The van der Waals surface area contributed by atoms with E-state index in [1.165, 1.54) is 5.56 Å². The molecule has 4 N–H and O–H groups in total. The van der Waals surface area contributed by atoms with Gasteiger partial charge in [-0.15, -0.1) is 0 Å². The fourth-order valence-corrected chi connectivity index (χ4v) is 3.91. The third kappa shape index (κ3) is 5.75. The maximum atomic E-state index is 5.87. The molecule has 3 rings (SSSR count). The van der Waals surface area contributed by atoms with Gasteiger partial charge in [0.25, 0.3) is 0 Å². The quantitative estimate of drug-likeness (QED) is 0.639. The Bertz CT molecular complexity index is 774. The van der Waals surface area contributed by atoms with Crippen molar-refractivity contribution in [2.75, 3.05) is 44.3 Å². The second-order valence-electron chi connectivity index (χ2n) is 6.61. The molecule has 0 radical (unpaired) electrons. The summed E-state index contributed by atoms with van der Waals surface area (Å²) in [6, 6.07) is 8.19. The van der Waals surface area contributed by atoms with Crippen LogP contribution in [0.5, 0.6) is 0 Å². The van der Waals surface area contributed by atoms with Gasteiger partial charge in [-0.25, -0.2) is 0 Å². The molecule has 1 aliphatic rings. The van der Waals surface area contributed by atoms with E-state index in [-0.39, 0.29) is 5.95 Å². The van der Waals surface area contributed by atoms with Crippen LogP contribution in [0.4, 0.5) is 17.6 Å². The summed E-state index contributed by atoms with van der Waals surface area (Å²) in [6.07, 6.45) is 1.01. The number of thioether (sulfide) groups is 1. The number of piperazine rings is 1. The molecule has 0 spiro atoms. The van der Waals surface area contributed by atoms with Crippen LogP contribution in [-0.4, -0.2) is 57.4 Å². The second kappa shape index (κ2) is 9.29. The Labute approximate surface area is 169 Å². The fourth-order valence-electron chi connectivity index (χ4n) is 2.80. The van der Waals surface area contributed by atoms with E-state index in [4.69, 9.17) is 18.0 Å². The fraction of sp³-hybridized carbons (Fsp3) is 0.444. The lowest BCUT2D eigenvalue weighted by Gasteiger charge is -2.31. The van der Waals surface area contributed by atoms with Crippen molar-refractivity contribution in [3.8, 4) is 0 Å². The SMILES string of the molecule is CCc1ccc(Nc2nc(N)nc(CSC(=S)N3CC[NH+](C)CC3)n2)cc1. The van der Waals surface area contributed by atoms with E-state index in [9.17, 15) is 0 Å². The smallest absolute Gasteiger partial charge is 0.232 e. The Kier molecular flexibility index (Phi) is 6.81. The lowest BCUT2D eigenvalue weighted by atomic mass is 10.1. The number of nitrogens with zero attached hydrogens (tertiary/aromatic N) is 4. The third-order valence-electron chi connectivity index (χ3n) is 4.52. The standard InChI is InChI=1S/C18H25N7S2/c1-3-13-4-6-14(7-5-13)20-17-22-15(21-16(19)23-17)12-27-18(26)25-10-8-24(2)9-11-25/h4-7H,3,8-12H2,1-2H3,(H3,19,20,21,22,23)/p+1. The van der Waals surface area contributed by atoms with Crippen LogP contribution in [-0.2, 0) is 12.2 Å². The normalized spacial score (nSPS) is 15.0. The first kappa shape index (κ1) is 19.8. The first-order valence-corrected chi connectivity index (χ1v) is 10.5. The molecule has 0 aliphatic carbocycles. The average molecular weight is 405 g/mol. The van der Waals surface area contributed by atoms with Crippen molar-refractivity contribution >= 4 is 45.9 Å². The molecule has 0 unspecified atom stereocenters. The number of anilines is 3. The van der Waals surface area contributed by atoms with Gasteiger partial charge in [0.15, 0.2) is 0 Å². The molecule has 7 nitrogen and oxygen atoms in total. The molecule has 1 aromatic carbocycles. The van der Waals surface area contributed by atoms with Crippen molar-refractivity contribution in [1.82, 2.24) is 19.9 Å². The summed E-state index contributed by atoms with van der Waals surface area (Å²) in [6.45, 7) is 6.36. The van der Waals surface area contributed by atoms with Crippen molar-refractivity contribution in [2.24, 2.45) is 0 Å². The summed E-state index contributed by atoms with van der Waals surface area (Å²) in [5.41, 5.74) is 8.07. The van der Waals surface area contributed by atoms with E-state index in [0.717, 1.165) is 42.6 Å². The number of benzene rings is 1. The van der Waals surface area contributed by atoms with Crippen LogP contribution in [0.15, 0.2) is 24.3 Å². The van der Waals surface area contributed by atoms with Crippen LogP contribution in [0.1, 0.15) is 18.3 Å². The van der Waals surface area contributed by atoms with Gasteiger partial charge in [-0.05, 0) is 24.1 Å². The van der Waals surface area contributed by atoms with E-state index < -0.39 is 0 Å². The molecule has 9 heteroatoms. The number of aryl methyl sites for hydroxylation is 1. The van der Waals surface area contributed by atoms with E-state index in [1.54, 1.807) is 16.7 Å². The number of nitrogens with one attached hydrogen (secondary N) is 2. The van der Waals surface area contributed by atoms with Gasteiger partial charge >= 0.3 is 0 Å². The summed E-state index contributed by atoms with van der Waals surface area (Å²) >= 11 is 7.15. The van der Waals surface area contributed by atoms with Gasteiger partial charge in [-0.3, -0.25) is 0 Å². The van der Waals surface area contributed by atoms with Gasteiger partial charge in [0, 0.05) is 5.69 Å². The second-order valence-corrected chi connectivity index (χ2v) is 8.22. The molecule has 0 bridgehead atoms. The van der Waals surface area contributed by atoms with E-state index in [2.05, 4.69) is 51.3 Å². The zero-order chi connectivity index (χ0) is 19.2.